The number of aliphatic hydroxyl groups excluding tert-OH is 1. The first kappa shape index (κ1) is 13.9. The molecule has 1 aromatic heterocycles. The Bertz CT molecular complexity index is 427. The molecule has 2 heterocycles. The van der Waals surface area contributed by atoms with E-state index in [2.05, 4.69) is 16.0 Å². The normalized spacial score (nSPS) is 23.2. The van der Waals surface area contributed by atoms with E-state index in [4.69, 9.17) is 0 Å². The van der Waals surface area contributed by atoms with E-state index in [9.17, 15) is 5.11 Å². The summed E-state index contributed by atoms with van der Waals surface area (Å²) in [6, 6.07) is 4.09. The van der Waals surface area contributed by atoms with Crippen LogP contribution in [0.15, 0.2) is 18.3 Å². The highest BCUT2D eigenvalue weighted by atomic mass is 16.3. The Morgan fingerprint density at radius 1 is 1.20 bits per heavy atom. The second kappa shape index (κ2) is 5.72. The van der Waals surface area contributed by atoms with Crippen LogP contribution < -0.4 is 4.90 Å². The van der Waals surface area contributed by atoms with Crippen LogP contribution >= 0.6 is 0 Å². The molecule has 3 nitrogen and oxygen atoms in total. The molecule has 1 aromatic rings. The second-order valence-corrected chi connectivity index (χ2v) is 6.56. The number of hydrogen-bond donors (Lipinski definition) is 1. The van der Waals surface area contributed by atoms with Gasteiger partial charge in [-0.15, -0.1) is 0 Å². The molecule has 1 N–H and O–H groups in total. The molecule has 1 unspecified atom stereocenters. The van der Waals surface area contributed by atoms with Crippen LogP contribution in [0.4, 0.5) is 5.69 Å². The first-order chi connectivity index (χ1) is 9.72. The number of anilines is 1. The van der Waals surface area contributed by atoms with E-state index in [0.29, 0.717) is 5.41 Å². The summed E-state index contributed by atoms with van der Waals surface area (Å²) in [7, 11) is 0. The van der Waals surface area contributed by atoms with Gasteiger partial charge in [0.25, 0.3) is 0 Å². The fraction of sp³-hybridized carbons (Fsp3) is 0.706. The molecule has 1 saturated heterocycles. The van der Waals surface area contributed by atoms with Crippen molar-refractivity contribution in [3.63, 3.8) is 0 Å². The van der Waals surface area contributed by atoms with Crippen LogP contribution in [0.5, 0.6) is 0 Å². The molecule has 1 atom stereocenters. The Morgan fingerprint density at radius 3 is 2.45 bits per heavy atom. The van der Waals surface area contributed by atoms with E-state index in [1.54, 1.807) is 0 Å². The number of piperidine rings is 1. The molecule has 1 spiro atoms. The SMILES string of the molecule is CCC(O)c1ccc(N2CCC3(CCCC3)CC2)cn1. The van der Waals surface area contributed by atoms with E-state index in [-0.39, 0.29) is 0 Å². The van der Waals surface area contributed by atoms with Gasteiger partial charge < -0.3 is 10.0 Å². The van der Waals surface area contributed by atoms with Crippen LogP contribution in [0.25, 0.3) is 0 Å². The molecular weight excluding hydrogens is 248 g/mol. The molecule has 110 valence electrons. The van der Waals surface area contributed by atoms with E-state index >= 15 is 0 Å². The maximum Gasteiger partial charge on any atom is 0.0957 e. The highest BCUT2D eigenvalue weighted by molar-refractivity contribution is 5.45. The van der Waals surface area contributed by atoms with Gasteiger partial charge in [0.2, 0.25) is 0 Å². The lowest BCUT2D eigenvalue weighted by Gasteiger charge is -2.40. The smallest absolute Gasteiger partial charge is 0.0957 e. The Balaban J connectivity index is 1.63. The van der Waals surface area contributed by atoms with Crippen LogP contribution in [0, 0.1) is 5.41 Å². The first-order valence-electron chi connectivity index (χ1n) is 8.11. The predicted octanol–water partition coefficient (Wildman–Crippen LogP) is 3.69. The minimum atomic E-state index is -0.424. The van der Waals surface area contributed by atoms with Gasteiger partial charge in [0.1, 0.15) is 0 Å². The van der Waals surface area contributed by atoms with Crippen LogP contribution in [0.1, 0.15) is 63.7 Å². The van der Waals surface area contributed by atoms with E-state index in [1.807, 2.05) is 19.2 Å². The molecule has 0 bridgehead atoms. The van der Waals surface area contributed by atoms with Gasteiger partial charge >= 0.3 is 0 Å². The zero-order chi connectivity index (χ0) is 14.0. The molecule has 0 aromatic carbocycles. The lowest BCUT2D eigenvalue weighted by atomic mass is 9.77. The Kier molecular flexibility index (Phi) is 3.97. The van der Waals surface area contributed by atoms with Crippen molar-refractivity contribution >= 4 is 5.69 Å². The molecule has 3 heteroatoms. The number of rotatable bonds is 3. The van der Waals surface area contributed by atoms with Crippen LogP contribution in [-0.4, -0.2) is 23.2 Å². The number of nitrogens with zero attached hydrogens (tertiary/aromatic N) is 2. The summed E-state index contributed by atoms with van der Waals surface area (Å²) in [5, 5.41) is 9.79. The summed E-state index contributed by atoms with van der Waals surface area (Å²) in [5.41, 5.74) is 2.67. The molecule has 0 amide bonds. The van der Waals surface area contributed by atoms with Gasteiger partial charge in [-0.3, -0.25) is 4.98 Å². The number of aliphatic hydroxyl groups is 1. The average Bonchev–Trinajstić information content (AvgIpc) is 2.96. The number of pyridine rings is 1. The third-order valence-electron chi connectivity index (χ3n) is 5.35. The summed E-state index contributed by atoms with van der Waals surface area (Å²) < 4.78 is 0. The summed E-state index contributed by atoms with van der Waals surface area (Å²) in [4.78, 5) is 6.88. The van der Waals surface area contributed by atoms with Gasteiger partial charge in [0, 0.05) is 13.1 Å². The zero-order valence-corrected chi connectivity index (χ0v) is 12.5. The topological polar surface area (TPSA) is 36.4 Å². The largest absolute Gasteiger partial charge is 0.387 e. The molecule has 2 aliphatic rings. The zero-order valence-electron chi connectivity index (χ0n) is 12.5. The first-order valence-corrected chi connectivity index (χ1v) is 8.11. The molecule has 1 aliphatic heterocycles. The molecule has 0 radical (unpaired) electrons. The molecular formula is C17H26N2O. The van der Waals surface area contributed by atoms with Crippen molar-refractivity contribution in [1.29, 1.82) is 0 Å². The standard InChI is InChI=1S/C17H26N2O/c1-2-16(20)15-6-5-14(13-18-15)19-11-9-17(10-12-19)7-3-4-8-17/h5-6,13,16,20H,2-4,7-12H2,1H3. The highest BCUT2D eigenvalue weighted by Crippen LogP contribution is 2.46. The van der Waals surface area contributed by atoms with Gasteiger partial charge in [0.15, 0.2) is 0 Å². The van der Waals surface area contributed by atoms with Gasteiger partial charge in [-0.25, -0.2) is 0 Å². The van der Waals surface area contributed by atoms with Crippen molar-refractivity contribution in [3.05, 3.63) is 24.0 Å². The maximum absolute atomic E-state index is 9.79. The van der Waals surface area contributed by atoms with Crippen molar-refractivity contribution in [3.8, 4) is 0 Å². The van der Waals surface area contributed by atoms with Crippen LogP contribution in [-0.2, 0) is 0 Å². The average molecular weight is 274 g/mol. The second-order valence-electron chi connectivity index (χ2n) is 6.56. The maximum atomic E-state index is 9.79. The van der Waals surface area contributed by atoms with Gasteiger partial charge in [0.05, 0.1) is 23.7 Å². The molecule has 1 aliphatic carbocycles. The van der Waals surface area contributed by atoms with Crippen LogP contribution in [0.2, 0.25) is 0 Å². The minimum absolute atomic E-state index is 0.424. The summed E-state index contributed by atoms with van der Waals surface area (Å²) in [5.74, 6) is 0. The van der Waals surface area contributed by atoms with E-state index in [1.165, 1.54) is 44.2 Å². The Labute approximate surface area is 122 Å². The van der Waals surface area contributed by atoms with Crippen molar-refractivity contribution in [2.45, 2.75) is 58.0 Å². The quantitative estimate of drug-likeness (QED) is 0.913. The van der Waals surface area contributed by atoms with E-state index < -0.39 is 6.10 Å². The third-order valence-corrected chi connectivity index (χ3v) is 5.35. The summed E-state index contributed by atoms with van der Waals surface area (Å²) in [6.07, 6.45) is 10.7. The highest BCUT2D eigenvalue weighted by Gasteiger charge is 2.36. The van der Waals surface area contributed by atoms with Gasteiger partial charge in [-0.05, 0) is 49.7 Å². The lowest BCUT2D eigenvalue weighted by Crippen LogP contribution is -2.38. The van der Waals surface area contributed by atoms with Gasteiger partial charge in [-0.1, -0.05) is 19.8 Å². The number of hydrogen-bond acceptors (Lipinski definition) is 3. The minimum Gasteiger partial charge on any atom is -0.387 e. The fourth-order valence-electron chi connectivity index (χ4n) is 3.86. The van der Waals surface area contributed by atoms with Crippen molar-refractivity contribution in [2.75, 3.05) is 18.0 Å². The lowest BCUT2D eigenvalue weighted by molar-refractivity contribution is 0.169. The molecule has 1 saturated carbocycles. The molecule has 2 fully saturated rings. The monoisotopic (exact) mass is 274 g/mol. The van der Waals surface area contributed by atoms with E-state index in [0.717, 1.165) is 25.2 Å². The third kappa shape index (κ3) is 2.69. The summed E-state index contributed by atoms with van der Waals surface area (Å²) >= 11 is 0. The fourth-order valence-corrected chi connectivity index (χ4v) is 3.86. The van der Waals surface area contributed by atoms with Crippen molar-refractivity contribution in [1.82, 2.24) is 4.98 Å². The van der Waals surface area contributed by atoms with Gasteiger partial charge in [-0.2, -0.15) is 0 Å². The predicted molar refractivity (Wildman–Crippen MR) is 81.8 cm³/mol. The molecule has 20 heavy (non-hydrogen) atoms. The number of aromatic nitrogens is 1. The van der Waals surface area contributed by atoms with Crippen LogP contribution in [0.3, 0.4) is 0 Å². The summed E-state index contributed by atoms with van der Waals surface area (Å²) in [6.45, 7) is 4.31. The Hall–Kier alpha value is -1.09. The Morgan fingerprint density at radius 2 is 1.90 bits per heavy atom. The van der Waals surface area contributed by atoms with Crippen molar-refractivity contribution in [2.24, 2.45) is 5.41 Å². The molecule has 3 rings (SSSR count). The van der Waals surface area contributed by atoms with Crippen molar-refractivity contribution < 1.29 is 5.11 Å².